The maximum Gasteiger partial charge on any atom is 0.200 e. The second kappa shape index (κ2) is 11.0. The number of benzene rings is 4. The Morgan fingerprint density at radius 1 is 0.559 bits per heavy atom. The van der Waals surface area contributed by atoms with Gasteiger partial charge in [0.15, 0.2) is 0 Å². The number of hydrogen-bond donors (Lipinski definition) is 0. The molecule has 0 aromatic heterocycles. The van der Waals surface area contributed by atoms with Crippen molar-refractivity contribution in [3.63, 3.8) is 0 Å². The summed E-state index contributed by atoms with van der Waals surface area (Å²) >= 11 is 0. The molecule has 0 fully saturated rings. The maximum absolute atomic E-state index is 13.7. The number of para-hydroxylation sites is 4. The van der Waals surface area contributed by atoms with Crippen LogP contribution in [-0.4, -0.2) is 5.78 Å². The van der Waals surface area contributed by atoms with Crippen LogP contribution in [0.5, 0.6) is 23.0 Å². The Bertz CT molecular complexity index is 1220. The molecular weight excluding hydrogens is 420 g/mol. The van der Waals surface area contributed by atoms with Crippen LogP contribution in [0.25, 0.3) is 0 Å². The van der Waals surface area contributed by atoms with Gasteiger partial charge in [-0.05, 0) is 60.4 Å². The third-order valence-electron chi connectivity index (χ3n) is 5.38. The van der Waals surface area contributed by atoms with Crippen molar-refractivity contribution >= 4 is 5.78 Å². The molecule has 0 unspecified atom stereocenters. The molecule has 34 heavy (non-hydrogen) atoms. The highest BCUT2D eigenvalue weighted by Gasteiger charge is 2.20. The van der Waals surface area contributed by atoms with Crippen LogP contribution < -0.4 is 9.47 Å². The van der Waals surface area contributed by atoms with E-state index in [1.165, 1.54) is 0 Å². The quantitative estimate of drug-likeness (QED) is 0.183. The summed E-state index contributed by atoms with van der Waals surface area (Å²) in [6.07, 6.45) is 5.01. The van der Waals surface area contributed by atoms with Crippen molar-refractivity contribution in [3.05, 3.63) is 145 Å². The van der Waals surface area contributed by atoms with E-state index in [1.54, 1.807) is 24.3 Å². The molecule has 4 rings (SSSR count). The van der Waals surface area contributed by atoms with Gasteiger partial charge in [-0.25, -0.2) is 0 Å². The van der Waals surface area contributed by atoms with Crippen LogP contribution in [-0.2, 0) is 12.8 Å². The molecule has 168 valence electrons. The van der Waals surface area contributed by atoms with Crippen LogP contribution >= 0.6 is 0 Å². The first kappa shape index (κ1) is 22.8. The van der Waals surface area contributed by atoms with Crippen molar-refractivity contribution < 1.29 is 14.3 Å². The fourth-order valence-electron chi connectivity index (χ4n) is 3.72. The molecular formula is C31H26O3. The highest BCUT2D eigenvalue weighted by Crippen LogP contribution is 2.34. The van der Waals surface area contributed by atoms with Gasteiger partial charge in [-0.15, -0.1) is 13.2 Å². The van der Waals surface area contributed by atoms with Crippen LogP contribution in [0.4, 0.5) is 0 Å². The molecule has 3 heteroatoms. The number of hydrogen-bond acceptors (Lipinski definition) is 3. The van der Waals surface area contributed by atoms with Crippen LogP contribution in [0, 0.1) is 0 Å². The van der Waals surface area contributed by atoms with Crippen molar-refractivity contribution in [3.8, 4) is 23.0 Å². The zero-order valence-corrected chi connectivity index (χ0v) is 18.9. The molecule has 3 nitrogen and oxygen atoms in total. The molecule has 0 bridgehead atoms. The summed E-state index contributed by atoms with van der Waals surface area (Å²) in [5.41, 5.74) is 2.93. The number of carbonyl (C=O) groups excluding carboxylic acids is 1. The summed E-state index contributed by atoms with van der Waals surface area (Å²) < 4.78 is 12.4. The molecule has 0 heterocycles. The van der Waals surface area contributed by atoms with Crippen LogP contribution in [0.3, 0.4) is 0 Å². The van der Waals surface area contributed by atoms with Gasteiger partial charge in [-0.3, -0.25) is 4.79 Å². The minimum absolute atomic E-state index is 0.173. The SMILES string of the molecule is C=CCc1ccccc1Oc1ccccc1C(=O)c1ccccc1Oc1ccccc1CC=C. The molecule has 0 atom stereocenters. The summed E-state index contributed by atoms with van der Waals surface area (Å²) in [6.45, 7) is 7.64. The zero-order chi connectivity index (χ0) is 23.8. The predicted octanol–water partition coefficient (Wildman–Crippen LogP) is 7.96. The lowest BCUT2D eigenvalue weighted by molar-refractivity contribution is 0.103. The summed E-state index contributed by atoms with van der Waals surface area (Å²) in [4.78, 5) is 13.7. The van der Waals surface area contributed by atoms with Gasteiger partial charge in [-0.2, -0.15) is 0 Å². The van der Waals surface area contributed by atoms with E-state index in [9.17, 15) is 4.79 Å². The van der Waals surface area contributed by atoms with E-state index in [0.29, 0.717) is 47.0 Å². The van der Waals surface area contributed by atoms with E-state index < -0.39 is 0 Å². The Balaban J connectivity index is 1.68. The summed E-state index contributed by atoms with van der Waals surface area (Å²) in [5.74, 6) is 2.21. The summed E-state index contributed by atoms with van der Waals surface area (Å²) in [7, 11) is 0. The lowest BCUT2D eigenvalue weighted by Gasteiger charge is -2.15. The second-order valence-corrected chi connectivity index (χ2v) is 7.73. The van der Waals surface area contributed by atoms with Gasteiger partial charge in [0.05, 0.1) is 11.1 Å². The Morgan fingerprint density at radius 2 is 0.912 bits per heavy atom. The van der Waals surface area contributed by atoms with E-state index in [4.69, 9.17) is 9.47 Å². The molecule has 0 aliphatic heterocycles. The molecule has 0 spiro atoms. The van der Waals surface area contributed by atoms with E-state index in [1.807, 2.05) is 84.9 Å². The van der Waals surface area contributed by atoms with Crippen LogP contribution in [0.2, 0.25) is 0 Å². The fraction of sp³-hybridized carbons (Fsp3) is 0.0645. The minimum Gasteiger partial charge on any atom is -0.456 e. The first-order valence-electron chi connectivity index (χ1n) is 11.2. The van der Waals surface area contributed by atoms with Gasteiger partial charge in [0.2, 0.25) is 5.78 Å². The van der Waals surface area contributed by atoms with Gasteiger partial charge in [0.1, 0.15) is 23.0 Å². The Labute approximate surface area is 200 Å². The number of ether oxygens (including phenoxy) is 2. The monoisotopic (exact) mass is 446 g/mol. The fourth-order valence-corrected chi connectivity index (χ4v) is 3.72. The average molecular weight is 447 g/mol. The molecule has 0 radical (unpaired) electrons. The normalized spacial score (nSPS) is 10.4. The highest BCUT2D eigenvalue weighted by molar-refractivity contribution is 6.12. The average Bonchev–Trinajstić information content (AvgIpc) is 2.87. The molecule has 0 amide bonds. The number of ketones is 1. The standard InChI is InChI=1S/C31H26O3/c1-3-13-23-15-5-9-19-27(23)33-29-21-11-7-17-25(29)31(32)26-18-8-12-22-30(26)34-28-20-10-6-16-24(28)14-4-2/h3-12,15-22H,1-2,13-14H2. The van der Waals surface area contributed by atoms with E-state index in [2.05, 4.69) is 13.2 Å². The number of rotatable bonds is 10. The zero-order valence-electron chi connectivity index (χ0n) is 18.9. The maximum atomic E-state index is 13.7. The number of allylic oxidation sites excluding steroid dienone is 2. The first-order valence-corrected chi connectivity index (χ1v) is 11.2. The largest absolute Gasteiger partial charge is 0.456 e. The molecule has 4 aromatic rings. The van der Waals surface area contributed by atoms with Gasteiger partial charge >= 0.3 is 0 Å². The highest BCUT2D eigenvalue weighted by atomic mass is 16.5. The second-order valence-electron chi connectivity index (χ2n) is 7.73. The third kappa shape index (κ3) is 5.16. The lowest BCUT2D eigenvalue weighted by atomic mass is 10.0. The number of carbonyl (C=O) groups is 1. The van der Waals surface area contributed by atoms with E-state index >= 15 is 0 Å². The van der Waals surface area contributed by atoms with Crippen LogP contribution in [0.15, 0.2) is 122 Å². The van der Waals surface area contributed by atoms with Gasteiger partial charge < -0.3 is 9.47 Å². The Hall–Kier alpha value is -4.37. The molecule has 0 N–H and O–H groups in total. The Morgan fingerprint density at radius 3 is 1.32 bits per heavy atom. The lowest BCUT2D eigenvalue weighted by Crippen LogP contribution is -2.06. The molecule has 0 aliphatic carbocycles. The van der Waals surface area contributed by atoms with Gasteiger partial charge in [0.25, 0.3) is 0 Å². The Kier molecular flexibility index (Phi) is 7.36. The smallest absolute Gasteiger partial charge is 0.200 e. The summed E-state index contributed by atoms with van der Waals surface area (Å²) in [5, 5.41) is 0. The molecule has 0 aliphatic rings. The van der Waals surface area contributed by atoms with Crippen molar-refractivity contribution in [2.45, 2.75) is 12.8 Å². The van der Waals surface area contributed by atoms with E-state index in [-0.39, 0.29) is 5.78 Å². The summed E-state index contributed by atoms with van der Waals surface area (Å²) in [6, 6.07) is 30.1. The van der Waals surface area contributed by atoms with Crippen molar-refractivity contribution in [1.82, 2.24) is 0 Å². The predicted molar refractivity (Wildman–Crippen MR) is 137 cm³/mol. The van der Waals surface area contributed by atoms with Crippen molar-refractivity contribution in [2.75, 3.05) is 0 Å². The van der Waals surface area contributed by atoms with E-state index in [0.717, 1.165) is 11.1 Å². The van der Waals surface area contributed by atoms with Gasteiger partial charge in [-0.1, -0.05) is 72.8 Å². The molecule has 4 aromatic carbocycles. The minimum atomic E-state index is -0.173. The molecule has 0 saturated heterocycles. The van der Waals surface area contributed by atoms with Crippen LogP contribution in [0.1, 0.15) is 27.0 Å². The first-order chi connectivity index (χ1) is 16.7. The van der Waals surface area contributed by atoms with Crippen molar-refractivity contribution in [2.24, 2.45) is 0 Å². The van der Waals surface area contributed by atoms with Gasteiger partial charge in [0, 0.05) is 0 Å². The third-order valence-corrected chi connectivity index (χ3v) is 5.38. The topological polar surface area (TPSA) is 35.5 Å². The van der Waals surface area contributed by atoms with Crippen molar-refractivity contribution in [1.29, 1.82) is 0 Å². The molecule has 0 saturated carbocycles.